The summed E-state index contributed by atoms with van der Waals surface area (Å²) in [7, 11) is 0. The van der Waals surface area contributed by atoms with Gasteiger partial charge in [-0.25, -0.2) is 0 Å². The van der Waals surface area contributed by atoms with Gasteiger partial charge in [0, 0.05) is 0 Å². The van der Waals surface area contributed by atoms with Crippen molar-refractivity contribution in [3.63, 3.8) is 0 Å². The zero-order valence-electron chi connectivity index (χ0n) is 7.32. The topological polar surface area (TPSA) is 0 Å². The molecule has 0 aliphatic carbocycles. The van der Waals surface area contributed by atoms with Crippen molar-refractivity contribution < 1.29 is 0 Å². The average Bonchev–Trinajstić information content (AvgIpc) is 1.99. The zero-order valence-corrected chi connectivity index (χ0v) is 7.32. The van der Waals surface area contributed by atoms with Crippen LogP contribution in [0.3, 0.4) is 0 Å². The van der Waals surface area contributed by atoms with E-state index in [2.05, 4.69) is 26.5 Å². The van der Waals surface area contributed by atoms with Crippen LogP contribution in [0.25, 0.3) is 0 Å². The molecule has 0 aliphatic heterocycles. The van der Waals surface area contributed by atoms with Crippen LogP contribution in [-0.4, -0.2) is 0 Å². The van der Waals surface area contributed by atoms with E-state index in [1.54, 1.807) is 0 Å². The van der Waals surface area contributed by atoms with Crippen molar-refractivity contribution in [2.75, 3.05) is 0 Å². The lowest BCUT2D eigenvalue weighted by molar-refractivity contribution is 0.517. The second-order valence-corrected chi connectivity index (χ2v) is 2.81. The average molecular weight is 139 g/mol. The van der Waals surface area contributed by atoms with E-state index in [0.717, 1.165) is 0 Å². The lowest BCUT2D eigenvalue weighted by atomic mass is 9.99. The van der Waals surface area contributed by atoms with Crippen LogP contribution in [0.2, 0.25) is 0 Å². The first kappa shape index (κ1) is 9.74. The molecular weight excluding hydrogens is 120 g/mol. The summed E-state index contributed by atoms with van der Waals surface area (Å²) in [4.78, 5) is 0. The Morgan fingerprint density at radius 3 is 2.40 bits per heavy atom. The van der Waals surface area contributed by atoms with Crippen molar-refractivity contribution in [2.45, 2.75) is 46.0 Å². The summed E-state index contributed by atoms with van der Waals surface area (Å²) < 4.78 is 0. The first-order valence-corrected chi connectivity index (χ1v) is 4.37. The van der Waals surface area contributed by atoms with Crippen LogP contribution in [0.4, 0.5) is 0 Å². The quantitative estimate of drug-likeness (QED) is 0.493. The highest BCUT2D eigenvalue weighted by molar-refractivity contribution is 4.68. The molecule has 0 N–H and O–H groups in total. The van der Waals surface area contributed by atoms with Gasteiger partial charge in [-0.3, -0.25) is 0 Å². The largest absolute Gasteiger partial charge is 0.0953 e. The van der Waals surface area contributed by atoms with Gasteiger partial charge in [-0.05, 0) is 24.8 Å². The zero-order chi connectivity index (χ0) is 7.82. The minimum absolute atomic E-state index is 0.645. The molecule has 1 unspecified atom stereocenters. The maximum Gasteiger partial charge on any atom is -0.0168 e. The fraction of sp³-hybridized carbons (Fsp3) is 0.800. The smallest absolute Gasteiger partial charge is 0.0168 e. The SMILES string of the molecule is C=[C]C(CC)CCCCC. The lowest BCUT2D eigenvalue weighted by Gasteiger charge is -2.06. The summed E-state index contributed by atoms with van der Waals surface area (Å²) in [6, 6.07) is 0. The number of rotatable bonds is 6. The van der Waals surface area contributed by atoms with Crippen molar-refractivity contribution >= 4 is 0 Å². The van der Waals surface area contributed by atoms with E-state index in [1.165, 1.54) is 32.1 Å². The van der Waals surface area contributed by atoms with E-state index in [9.17, 15) is 0 Å². The molecular formula is C10H19. The molecule has 0 rings (SSSR count). The Kier molecular flexibility index (Phi) is 6.68. The van der Waals surface area contributed by atoms with Crippen molar-refractivity contribution in [1.82, 2.24) is 0 Å². The minimum atomic E-state index is 0.645. The summed E-state index contributed by atoms with van der Waals surface area (Å²) in [6.07, 6.45) is 9.56. The third-order valence-electron chi connectivity index (χ3n) is 1.94. The molecule has 0 aromatic rings. The number of hydrogen-bond donors (Lipinski definition) is 0. The summed E-state index contributed by atoms with van der Waals surface area (Å²) in [6.45, 7) is 8.12. The molecule has 10 heavy (non-hydrogen) atoms. The first-order valence-electron chi connectivity index (χ1n) is 4.37. The molecule has 0 amide bonds. The van der Waals surface area contributed by atoms with Gasteiger partial charge >= 0.3 is 0 Å². The molecule has 0 bridgehead atoms. The highest BCUT2D eigenvalue weighted by atomic mass is 14.0. The molecule has 0 nitrogen and oxygen atoms in total. The van der Waals surface area contributed by atoms with Crippen LogP contribution < -0.4 is 0 Å². The van der Waals surface area contributed by atoms with Crippen molar-refractivity contribution in [2.24, 2.45) is 5.92 Å². The van der Waals surface area contributed by atoms with Gasteiger partial charge in [-0.15, -0.1) is 0 Å². The molecule has 0 saturated carbocycles. The van der Waals surface area contributed by atoms with Gasteiger partial charge in [0.25, 0.3) is 0 Å². The molecule has 59 valence electrons. The third-order valence-corrected chi connectivity index (χ3v) is 1.94. The molecule has 0 heterocycles. The van der Waals surface area contributed by atoms with E-state index in [0.29, 0.717) is 5.92 Å². The Morgan fingerprint density at radius 1 is 1.30 bits per heavy atom. The summed E-state index contributed by atoms with van der Waals surface area (Å²) in [5, 5.41) is 0. The minimum Gasteiger partial charge on any atom is -0.0953 e. The summed E-state index contributed by atoms with van der Waals surface area (Å²) >= 11 is 0. The maximum absolute atomic E-state index is 3.69. The van der Waals surface area contributed by atoms with Crippen molar-refractivity contribution in [3.8, 4) is 0 Å². The lowest BCUT2D eigenvalue weighted by Crippen LogP contribution is -1.93. The van der Waals surface area contributed by atoms with Crippen molar-refractivity contribution in [3.05, 3.63) is 12.7 Å². The molecule has 0 aromatic heterocycles. The highest BCUT2D eigenvalue weighted by Crippen LogP contribution is 2.12. The number of allylic oxidation sites excluding steroid dienone is 1. The summed E-state index contributed by atoms with van der Waals surface area (Å²) in [5.74, 6) is 0.645. The molecule has 0 saturated heterocycles. The van der Waals surface area contributed by atoms with Gasteiger partial charge in [0.2, 0.25) is 0 Å². The van der Waals surface area contributed by atoms with Gasteiger partial charge < -0.3 is 0 Å². The molecule has 0 heteroatoms. The fourth-order valence-corrected chi connectivity index (χ4v) is 1.09. The Bertz CT molecular complexity index is 74.1. The second-order valence-electron chi connectivity index (χ2n) is 2.81. The Hall–Kier alpha value is -0.260. The van der Waals surface area contributed by atoms with E-state index >= 15 is 0 Å². The standard InChI is InChI=1S/C10H19/c1-4-7-8-9-10(5-2)6-3/h10H,2,4,6-9H2,1,3H3. The third kappa shape index (κ3) is 4.60. The van der Waals surface area contributed by atoms with Gasteiger partial charge in [0.15, 0.2) is 0 Å². The summed E-state index contributed by atoms with van der Waals surface area (Å²) in [5.41, 5.74) is 0. The van der Waals surface area contributed by atoms with Crippen LogP contribution in [0.5, 0.6) is 0 Å². The normalized spacial score (nSPS) is 13.0. The number of unbranched alkanes of at least 4 members (excludes halogenated alkanes) is 2. The molecule has 0 spiro atoms. The van der Waals surface area contributed by atoms with Crippen LogP contribution in [0.15, 0.2) is 6.58 Å². The van der Waals surface area contributed by atoms with Crippen LogP contribution in [0.1, 0.15) is 46.0 Å². The molecule has 0 aromatic carbocycles. The monoisotopic (exact) mass is 139 g/mol. The Morgan fingerprint density at radius 2 is 2.00 bits per heavy atom. The van der Waals surface area contributed by atoms with Crippen LogP contribution >= 0.6 is 0 Å². The molecule has 1 radical (unpaired) electrons. The van der Waals surface area contributed by atoms with E-state index < -0.39 is 0 Å². The predicted octanol–water partition coefficient (Wildman–Crippen LogP) is 3.58. The maximum atomic E-state index is 3.69. The number of hydrogen-bond acceptors (Lipinski definition) is 0. The van der Waals surface area contributed by atoms with E-state index in [1.807, 2.05) is 0 Å². The van der Waals surface area contributed by atoms with Crippen LogP contribution in [-0.2, 0) is 0 Å². The van der Waals surface area contributed by atoms with Crippen molar-refractivity contribution in [1.29, 1.82) is 0 Å². The van der Waals surface area contributed by atoms with Gasteiger partial charge in [0.1, 0.15) is 0 Å². The predicted molar refractivity (Wildman–Crippen MR) is 46.8 cm³/mol. The first-order chi connectivity index (χ1) is 4.85. The molecule has 0 fully saturated rings. The van der Waals surface area contributed by atoms with E-state index in [4.69, 9.17) is 0 Å². The van der Waals surface area contributed by atoms with Gasteiger partial charge in [0.05, 0.1) is 0 Å². The van der Waals surface area contributed by atoms with Gasteiger partial charge in [-0.2, -0.15) is 0 Å². The van der Waals surface area contributed by atoms with Gasteiger partial charge in [-0.1, -0.05) is 39.7 Å². The molecule has 1 atom stereocenters. The second kappa shape index (κ2) is 6.85. The Labute approximate surface area is 65.3 Å². The van der Waals surface area contributed by atoms with Crippen LogP contribution in [0, 0.1) is 12.0 Å². The van der Waals surface area contributed by atoms with E-state index in [-0.39, 0.29) is 0 Å². The molecule has 0 aliphatic rings. The Balaban J connectivity index is 3.17. The highest BCUT2D eigenvalue weighted by Gasteiger charge is 1.99. The fourth-order valence-electron chi connectivity index (χ4n) is 1.09.